The van der Waals surface area contributed by atoms with Crippen LogP contribution in [0.1, 0.15) is 0 Å². The summed E-state index contributed by atoms with van der Waals surface area (Å²) in [6, 6.07) is 17.5. The molecule has 0 radical (unpaired) electrons. The second kappa shape index (κ2) is 6.90. The van der Waals surface area contributed by atoms with Crippen LogP contribution in [0, 0.1) is 11.6 Å². The largest absolute Gasteiger partial charge is 0.457 e. The number of para-hydroxylation sites is 1. The van der Waals surface area contributed by atoms with E-state index >= 15 is 0 Å². The number of halogens is 2. The molecular weight excluding hydrogens is 348 g/mol. The van der Waals surface area contributed by atoms with Crippen molar-refractivity contribution in [2.24, 2.45) is 0 Å². The normalized spacial score (nSPS) is 11.1. The molecule has 25 heavy (non-hydrogen) atoms. The van der Waals surface area contributed by atoms with E-state index in [1.807, 2.05) is 18.2 Å². The van der Waals surface area contributed by atoms with Crippen LogP contribution in [-0.2, 0) is 10.0 Å². The van der Waals surface area contributed by atoms with Gasteiger partial charge in [-0.1, -0.05) is 18.2 Å². The number of benzene rings is 3. The SMILES string of the molecule is O=S(=O)(Nc1ccc(F)c(F)c1)c1ccc(Oc2ccccc2)cc1. The second-order valence-electron chi connectivity index (χ2n) is 5.12. The van der Waals surface area contributed by atoms with Gasteiger partial charge in [-0.15, -0.1) is 0 Å². The average molecular weight is 361 g/mol. The lowest BCUT2D eigenvalue weighted by Crippen LogP contribution is -2.13. The zero-order valence-electron chi connectivity index (χ0n) is 12.8. The lowest BCUT2D eigenvalue weighted by atomic mass is 10.3. The van der Waals surface area contributed by atoms with Gasteiger partial charge >= 0.3 is 0 Å². The predicted octanol–water partition coefficient (Wildman–Crippen LogP) is 4.56. The highest BCUT2D eigenvalue weighted by molar-refractivity contribution is 7.92. The number of hydrogen-bond donors (Lipinski definition) is 1. The predicted molar refractivity (Wildman–Crippen MR) is 90.1 cm³/mol. The number of ether oxygens (including phenoxy) is 1. The van der Waals surface area contributed by atoms with Gasteiger partial charge in [0.1, 0.15) is 11.5 Å². The Labute approximate surface area is 143 Å². The Hall–Kier alpha value is -2.93. The molecule has 0 spiro atoms. The third-order valence-electron chi connectivity index (χ3n) is 3.28. The first kappa shape index (κ1) is 16.9. The molecule has 0 aromatic heterocycles. The van der Waals surface area contributed by atoms with Crippen LogP contribution in [0.25, 0.3) is 0 Å². The van der Waals surface area contributed by atoms with Crippen LogP contribution in [0.4, 0.5) is 14.5 Å². The highest BCUT2D eigenvalue weighted by Crippen LogP contribution is 2.24. The Morgan fingerprint density at radius 2 is 1.40 bits per heavy atom. The molecule has 0 aliphatic heterocycles. The van der Waals surface area contributed by atoms with Crippen molar-refractivity contribution in [3.63, 3.8) is 0 Å². The summed E-state index contributed by atoms with van der Waals surface area (Å²) in [6.07, 6.45) is 0. The topological polar surface area (TPSA) is 55.4 Å². The summed E-state index contributed by atoms with van der Waals surface area (Å²) in [4.78, 5) is -0.0300. The zero-order valence-corrected chi connectivity index (χ0v) is 13.6. The molecule has 0 bridgehead atoms. The fourth-order valence-electron chi connectivity index (χ4n) is 2.09. The van der Waals surface area contributed by atoms with Crippen LogP contribution in [0.15, 0.2) is 77.7 Å². The van der Waals surface area contributed by atoms with Gasteiger partial charge in [0.15, 0.2) is 11.6 Å². The molecule has 7 heteroatoms. The molecule has 0 fully saturated rings. The van der Waals surface area contributed by atoms with Crippen molar-refractivity contribution >= 4 is 15.7 Å². The van der Waals surface area contributed by atoms with Gasteiger partial charge in [0.05, 0.1) is 10.6 Å². The zero-order chi connectivity index (χ0) is 17.9. The first-order chi connectivity index (χ1) is 11.9. The van der Waals surface area contributed by atoms with E-state index in [9.17, 15) is 17.2 Å². The molecule has 3 aromatic rings. The van der Waals surface area contributed by atoms with Gasteiger partial charge in [-0.25, -0.2) is 17.2 Å². The summed E-state index contributed by atoms with van der Waals surface area (Å²) in [6.45, 7) is 0. The highest BCUT2D eigenvalue weighted by atomic mass is 32.2. The standard InChI is InChI=1S/C18H13F2NO3S/c19-17-11-6-13(12-18(17)20)21-25(22,23)16-9-7-15(8-10-16)24-14-4-2-1-3-5-14/h1-12,21H. The van der Waals surface area contributed by atoms with E-state index in [1.165, 1.54) is 24.3 Å². The van der Waals surface area contributed by atoms with Gasteiger partial charge in [-0.2, -0.15) is 0 Å². The van der Waals surface area contributed by atoms with E-state index < -0.39 is 21.7 Å². The Kier molecular flexibility index (Phi) is 4.67. The Bertz CT molecular complexity index is 975. The van der Waals surface area contributed by atoms with Crippen LogP contribution in [0.2, 0.25) is 0 Å². The number of anilines is 1. The van der Waals surface area contributed by atoms with Crippen LogP contribution in [0.3, 0.4) is 0 Å². The average Bonchev–Trinajstić information content (AvgIpc) is 2.59. The lowest BCUT2D eigenvalue weighted by molar-refractivity contribution is 0.482. The summed E-state index contributed by atoms with van der Waals surface area (Å²) >= 11 is 0. The molecule has 0 unspecified atom stereocenters. The van der Waals surface area contributed by atoms with E-state index in [-0.39, 0.29) is 10.6 Å². The van der Waals surface area contributed by atoms with Gasteiger partial charge in [-0.3, -0.25) is 4.72 Å². The van der Waals surface area contributed by atoms with Crippen molar-refractivity contribution in [3.8, 4) is 11.5 Å². The molecule has 0 atom stereocenters. The number of hydrogen-bond acceptors (Lipinski definition) is 3. The van der Waals surface area contributed by atoms with Crippen LogP contribution in [-0.4, -0.2) is 8.42 Å². The van der Waals surface area contributed by atoms with Crippen molar-refractivity contribution in [3.05, 3.63) is 84.4 Å². The Balaban J connectivity index is 1.77. The lowest BCUT2D eigenvalue weighted by Gasteiger charge is -2.10. The van der Waals surface area contributed by atoms with Crippen LogP contribution >= 0.6 is 0 Å². The van der Waals surface area contributed by atoms with Crippen molar-refractivity contribution < 1.29 is 21.9 Å². The van der Waals surface area contributed by atoms with Crippen molar-refractivity contribution in [2.75, 3.05) is 4.72 Å². The van der Waals surface area contributed by atoms with Crippen LogP contribution in [0.5, 0.6) is 11.5 Å². The summed E-state index contributed by atoms with van der Waals surface area (Å²) in [5, 5.41) is 0. The molecule has 3 aromatic carbocycles. The van der Waals surface area contributed by atoms with Gasteiger partial charge < -0.3 is 4.74 Å². The van der Waals surface area contributed by atoms with E-state index in [2.05, 4.69) is 4.72 Å². The minimum absolute atomic E-state index is 0.0300. The molecule has 0 heterocycles. The molecule has 3 rings (SSSR count). The fourth-order valence-corrected chi connectivity index (χ4v) is 3.13. The van der Waals surface area contributed by atoms with Gasteiger partial charge in [0.25, 0.3) is 10.0 Å². The second-order valence-corrected chi connectivity index (χ2v) is 6.80. The number of rotatable bonds is 5. The molecular formula is C18H13F2NO3S. The van der Waals surface area contributed by atoms with E-state index in [0.717, 1.165) is 18.2 Å². The summed E-state index contributed by atoms with van der Waals surface area (Å²) in [5.74, 6) is -1.09. The van der Waals surface area contributed by atoms with E-state index in [0.29, 0.717) is 11.5 Å². The quantitative estimate of drug-likeness (QED) is 0.725. The maximum atomic E-state index is 13.2. The molecule has 4 nitrogen and oxygen atoms in total. The monoisotopic (exact) mass is 361 g/mol. The number of sulfonamides is 1. The van der Waals surface area contributed by atoms with Gasteiger partial charge in [0, 0.05) is 6.07 Å². The third-order valence-corrected chi connectivity index (χ3v) is 4.68. The van der Waals surface area contributed by atoms with Crippen molar-refractivity contribution in [1.29, 1.82) is 0 Å². The summed E-state index contributed by atoms with van der Waals surface area (Å²) < 4.78 is 58.5. The maximum Gasteiger partial charge on any atom is 0.261 e. The Morgan fingerprint density at radius 3 is 2.04 bits per heavy atom. The van der Waals surface area contributed by atoms with Crippen molar-refractivity contribution in [1.82, 2.24) is 0 Å². The van der Waals surface area contributed by atoms with Gasteiger partial charge in [-0.05, 0) is 48.5 Å². The molecule has 1 N–H and O–H groups in total. The van der Waals surface area contributed by atoms with E-state index in [1.54, 1.807) is 12.1 Å². The highest BCUT2D eigenvalue weighted by Gasteiger charge is 2.15. The minimum atomic E-state index is -3.93. The molecule has 0 aliphatic rings. The van der Waals surface area contributed by atoms with Crippen molar-refractivity contribution in [2.45, 2.75) is 4.90 Å². The summed E-state index contributed by atoms with van der Waals surface area (Å²) in [5.41, 5.74) is -0.0662. The molecule has 0 amide bonds. The molecule has 0 saturated carbocycles. The third kappa shape index (κ3) is 4.13. The molecule has 128 valence electrons. The molecule has 0 saturated heterocycles. The number of nitrogens with one attached hydrogen (secondary N) is 1. The van der Waals surface area contributed by atoms with Gasteiger partial charge in [0.2, 0.25) is 0 Å². The molecule has 0 aliphatic carbocycles. The summed E-state index contributed by atoms with van der Waals surface area (Å²) in [7, 11) is -3.93. The maximum absolute atomic E-state index is 13.2. The smallest absolute Gasteiger partial charge is 0.261 e. The Morgan fingerprint density at radius 1 is 0.760 bits per heavy atom. The minimum Gasteiger partial charge on any atom is -0.457 e. The van der Waals surface area contributed by atoms with E-state index in [4.69, 9.17) is 4.74 Å². The fraction of sp³-hybridized carbons (Fsp3) is 0. The first-order valence-corrected chi connectivity index (χ1v) is 8.73. The van der Waals surface area contributed by atoms with Crippen LogP contribution < -0.4 is 9.46 Å². The first-order valence-electron chi connectivity index (χ1n) is 7.25.